The molecule has 1 amide bonds. The number of halogens is 7. The molecule has 0 atom stereocenters. The van der Waals surface area contributed by atoms with E-state index in [4.69, 9.17) is 5.73 Å². The summed E-state index contributed by atoms with van der Waals surface area (Å²) in [4.78, 5) is 13.7. The molecule has 1 aromatic rings. The van der Waals surface area contributed by atoms with Gasteiger partial charge in [0, 0.05) is 0 Å². The third kappa shape index (κ3) is 4.20. The van der Waals surface area contributed by atoms with Crippen molar-refractivity contribution in [2.45, 2.75) is 18.5 Å². The van der Waals surface area contributed by atoms with E-state index in [1.165, 1.54) is 0 Å². The summed E-state index contributed by atoms with van der Waals surface area (Å²) in [5.41, 5.74) is 2.50. The van der Waals surface area contributed by atoms with Gasteiger partial charge in [-0.2, -0.15) is 22.0 Å². The average Bonchev–Trinajstić information content (AvgIpc) is 2.34. The molecule has 0 fully saturated rings. The summed E-state index contributed by atoms with van der Waals surface area (Å²) < 4.78 is 90.5. The Kier molecular flexibility index (Phi) is 4.64. The Morgan fingerprint density at radius 3 is 2.24 bits per heavy atom. The van der Waals surface area contributed by atoms with Crippen LogP contribution in [0.25, 0.3) is 0 Å². The Bertz CT molecular complexity index is 531. The second kappa shape index (κ2) is 5.74. The molecule has 0 aliphatic carbocycles. The number of ether oxygens (including phenoxy) is 1. The van der Waals surface area contributed by atoms with E-state index in [0.717, 1.165) is 0 Å². The highest BCUT2D eigenvalue weighted by Gasteiger charge is 2.42. The molecular formula is C10H7F7N2O2. The number of nitrogens with two attached hydrogens (primary N) is 1. The fraction of sp³-hybridized carbons (Fsp3) is 0.400. The van der Waals surface area contributed by atoms with Crippen LogP contribution in [-0.4, -0.2) is 29.8 Å². The minimum Gasteiger partial charge on any atom is -0.470 e. The normalized spacial score (nSPS) is 12.6. The van der Waals surface area contributed by atoms with Gasteiger partial charge in [-0.25, -0.2) is 13.8 Å². The maximum absolute atomic E-state index is 12.7. The molecule has 0 aliphatic rings. The summed E-state index contributed by atoms with van der Waals surface area (Å²) in [6.07, 6.45) is -9.04. The Morgan fingerprint density at radius 2 is 1.81 bits per heavy atom. The third-order valence-electron chi connectivity index (χ3n) is 2.14. The minimum absolute atomic E-state index is 0.373. The van der Waals surface area contributed by atoms with E-state index in [2.05, 4.69) is 9.72 Å². The first-order valence-corrected chi connectivity index (χ1v) is 5.12. The van der Waals surface area contributed by atoms with E-state index in [-0.39, 0.29) is 0 Å². The Balaban J connectivity index is 3.11. The summed E-state index contributed by atoms with van der Waals surface area (Å²) >= 11 is 0. The van der Waals surface area contributed by atoms with Crippen LogP contribution in [0.4, 0.5) is 30.7 Å². The lowest BCUT2D eigenvalue weighted by atomic mass is 10.2. The number of hydrogen-bond donors (Lipinski definition) is 1. The third-order valence-corrected chi connectivity index (χ3v) is 2.14. The van der Waals surface area contributed by atoms with Crippen molar-refractivity contribution >= 4 is 5.91 Å². The second-order valence-corrected chi connectivity index (χ2v) is 3.76. The van der Waals surface area contributed by atoms with Crippen LogP contribution in [-0.2, 0) is 6.18 Å². The summed E-state index contributed by atoms with van der Waals surface area (Å²) in [5.74, 6) is -7.13. The summed E-state index contributed by atoms with van der Waals surface area (Å²) in [7, 11) is 0. The number of aromatic nitrogens is 1. The van der Waals surface area contributed by atoms with Crippen LogP contribution in [0.1, 0.15) is 16.1 Å². The van der Waals surface area contributed by atoms with Crippen molar-refractivity contribution in [3.05, 3.63) is 23.4 Å². The number of pyridine rings is 1. The molecular weight excluding hydrogens is 313 g/mol. The SMILES string of the molecule is NC(=O)c1ccc(C(F)(F)F)nc1OCC(F)(F)C(F)F. The molecule has 0 unspecified atom stereocenters. The first-order chi connectivity index (χ1) is 9.45. The number of amides is 1. The van der Waals surface area contributed by atoms with Gasteiger partial charge in [-0.3, -0.25) is 4.79 Å². The second-order valence-electron chi connectivity index (χ2n) is 3.76. The van der Waals surface area contributed by atoms with Crippen molar-refractivity contribution in [1.82, 2.24) is 4.98 Å². The van der Waals surface area contributed by atoms with Crippen molar-refractivity contribution in [2.24, 2.45) is 5.73 Å². The maximum atomic E-state index is 12.7. The topological polar surface area (TPSA) is 65.2 Å². The van der Waals surface area contributed by atoms with Gasteiger partial charge in [0.15, 0.2) is 6.61 Å². The summed E-state index contributed by atoms with van der Waals surface area (Å²) in [6, 6.07) is 0.923. The van der Waals surface area contributed by atoms with Gasteiger partial charge in [-0.15, -0.1) is 0 Å². The first kappa shape index (κ1) is 17.0. The molecule has 118 valence electrons. The first-order valence-electron chi connectivity index (χ1n) is 5.12. The molecule has 0 spiro atoms. The van der Waals surface area contributed by atoms with Crippen LogP contribution in [0.3, 0.4) is 0 Å². The van der Waals surface area contributed by atoms with Crippen LogP contribution in [0.2, 0.25) is 0 Å². The molecule has 0 aromatic carbocycles. The van der Waals surface area contributed by atoms with E-state index >= 15 is 0 Å². The van der Waals surface area contributed by atoms with Crippen molar-refractivity contribution in [1.29, 1.82) is 0 Å². The van der Waals surface area contributed by atoms with Crippen LogP contribution in [0.5, 0.6) is 5.88 Å². The Labute approximate surface area is 112 Å². The zero-order valence-corrected chi connectivity index (χ0v) is 9.93. The molecule has 0 saturated heterocycles. The van der Waals surface area contributed by atoms with Crippen LogP contribution in [0.15, 0.2) is 12.1 Å². The van der Waals surface area contributed by atoms with E-state index in [9.17, 15) is 35.5 Å². The molecule has 21 heavy (non-hydrogen) atoms. The average molecular weight is 320 g/mol. The number of alkyl halides is 7. The van der Waals surface area contributed by atoms with Gasteiger partial charge in [-0.1, -0.05) is 0 Å². The van der Waals surface area contributed by atoms with Gasteiger partial charge in [0.1, 0.15) is 11.3 Å². The highest BCUT2D eigenvalue weighted by Crippen LogP contribution is 2.31. The van der Waals surface area contributed by atoms with Gasteiger partial charge in [0.2, 0.25) is 5.88 Å². The molecule has 1 aromatic heterocycles. The number of carbonyl (C=O) groups excluding carboxylic acids is 1. The summed E-state index contributed by atoms with van der Waals surface area (Å²) in [5, 5.41) is 0. The fourth-order valence-corrected chi connectivity index (χ4v) is 1.12. The molecule has 11 heteroatoms. The van der Waals surface area contributed by atoms with Crippen LogP contribution < -0.4 is 10.5 Å². The van der Waals surface area contributed by atoms with Crippen molar-refractivity contribution in [2.75, 3.05) is 6.61 Å². The monoisotopic (exact) mass is 320 g/mol. The fourth-order valence-electron chi connectivity index (χ4n) is 1.12. The van der Waals surface area contributed by atoms with Crippen molar-refractivity contribution in [3.63, 3.8) is 0 Å². The van der Waals surface area contributed by atoms with Crippen molar-refractivity contribution in [3.8, 4) is 5.88 Å². The highest BCUT2D eigenvalue weighted by molar-refractivity contribution is 5.95. The van der Waals surface area contributed by atoms with Gasteiger partial charge < -0.3 is 10.5 Å². The van der Waals surface area contributed by atoms with E-state index in [1.807, 2.05) is 0 Å². The molecule has 0 saturated carbocycles. The molecule has 0 aliphatic heterocycles. The molecule has 4 nitrogen and oxygen atoms in total. The standard InChI is InChI=1S/C10H7F7N2O2/c11-8(12)9(13,14)3-21-7-4(6(18)20)1-2-5(19-7)10(15,16)17/h1-2,8H,3H2,(H2,18,20). The molecule has 1 rings (SSSR count). The lowest BCUT2D eigenvalue weighted by molar-refractivity contribution is -0.150. The van der Waals surface area contributed by atoms with E-state index in [1.54, 1.807) is 0 Å². The largest absolute Gasteiger partial charge is 0.470 e. The number of nitrogens with zero attached hydrogens (tertiary/aromatic N) is 1. The van der Waals surface area contributed by atoms with Crippen LogP contribution >= 0.6 is 0 Å². The lowest BCUT2D eigenvalue weighted by Crippen LogP contribution is -2.34. The number of carbonyl (C=O) groups is 1. The van der Waals surface area contributed by atoms with E-state index < -0.39 is 48.2 Å². The minimum atomic E-state index is -4.94. The maximum Gasteiger partial charge on any atom is 0.433 e. The number of rotatable bonds is 5. The predicted molar refractivity (Wildman–Crippen MR) is 54.2 cm³/mol. The molecule has 0 bridgehead atoms. The van der Waals surface area contributed by atoms with Crippen LogP contribution in [0, 0.1) is 0 Å². The zero-order chi connectivity index (χ0) is 16.4. The van der Waals surface area contributed by atoms with Gasteiger partial charge in [0.25, 0.3) is 5.91 Å². The molecule has 1 heterocycles. The lowest BCUT2D eigenvalue weighted by Gasteiger charge is -2.17. The number of hydrogen-bond acceptors (Lipinski definition) is 3. The predicted octanol–water partition coefficient (Wildman–Crippen LogP) is 2.48. The van der Waals surface area contributed by atoms with E-state index in [0.29, 0.717) is 12.1 Å². The Morgan fingerprint density at radius 1 is 1.24 bits per heavy atom. The smallest absolute Gasteiger partial charge is 0.433 e. The quantitative estimate of drug-likeness (QED) is 0.848. The van der Waals surface area contributed by atoms with Gasteiger partial charge >= 0.3 is 18.5 Å². The highest BCUT2D eigenvalue weighted by atomic mass is 19.4. The van der Waals surface area contributed by atoms with Gasteiger partial charge in [-0.05, 0) is 12.1 Å². The number of primary amides is 1. The van der Waals surface area contributed by atoms with Crippen molar-refractivity contribution < 1.29 is 40.3 Å². The zero-order valence-electron chi connectivity index (χ0n) is 9.93. The van der Waals surface area contributed by atoms with Gasteiger partial charge in [0.05, 0.1) is 0 Å². The molecule has 0 radical (unpaired) electrons. The Hall–Kier alpha value is -2.07. The molecule has 2 N–H and O–H groups in total. The summed E-state index contributed by atoms with van der Waals surface area (Å²) in [6.45, 7) is -1.96.